The molecule has 0 saturated heterocycles. The minimum Gasteiger partial charge on any atom is -0.268 e. The number of para-hydroxylation sites is 2. The van der Waals surface area contributed by atoms with Gasteiger partial charge in [0.15, 0.2) is 0 Å². The molecule has 3 aromatic rings. The third-order valence-electron chi connectivity index (χ3n) is 4.09. The van der Waals surface area contributed by atoms with Crippen LogP contribution in [0, 0.1) is 10.1 Å². The fraction of sp³-hybridized carbons (Fsp3) is 0. The molecule has 0 bridgehead atoms. The lowest BCUT2D eigenvalue weighted by Crippen LogP contribution is -2.40. The number of anilines is 1. The second-order valence-electron chi connectivity index (χ2n) is 5.40. The third-order valence-corrected chi connectivity index (χ3v) is 4.09. The van der Waals surface area contributed by atoms with Crippen molar-refractivity contribution in [3.05, 3.63) is 81.9 Å². The molecule has 0 aliphatic carbocycles. The van der Waals surface area contributed by atoms with Crippen LogP contribution in [0.4, 0.5) is 11.4 Å². The van der Waals surface area contributed by atoms with Gasteiger partial charge in [0.2, 0.25) is 0 Å². The van der Waals surface area contributed by atoms with Gasteiger partial charge in [0.05, 0.1) is 4.92 Å². The first-order valence-electron chi connectivity index (χ1n) is 7.23. The van der Waals surface area contributed by atoms with Crippen LogP contribution in [0.1, 0.15) is 20.7 Å². The number of hydrogen-bond donors (Lipinski definition) is 0. The number of nitro groups is 1. The molecule has 24 heavy (non-hydrogen) atoms. The normalized spacial score (nSPS) is 13.4. The van der Waals surface area contributed by atoms with Gasteiger partial charge in [0, 0.05) is 22.6 Å². The molecule has 2 amide bonds. The van der Waals surface area contributed by atoms with E-state index in [4.69, 9.17) is 0 Å². The topological polar surface area (TPSA) is 80.5 Å². The lowest BCUT2D eigenvalue weighted by molar-refractivity contribution is -0.384. The molecule has 116 valence electrons. The van der Waals surface area contributed by atoms with Crippen molar-refractivity contribution in [1.82, 2.24) is 0 Å². The fourth-order valence-electron chi connectivity index (χ4n) is 3.06. The number of rotatable bonds is 2. The second kappa shape index (κ2) is 4.99. The summed E-state index contributed by atoms with van der Waals surface area (Å²) < 4.78 is 0. The van der Waals surface area contributed by atoms with Gasteiger partial charge in [-0.15, -0.1) is 0 Å². The Labute approximate surface area is 136 Å². The maximum absolute atomic E-state index is 12.9. The SMILES string of the molecule is O=C1c2cccc3cccc(c23)C(=O)N1c1ccccc1[N+](=O)[O-]. The molecule has 0 aromatic heterocycles. The van der Waals surface area contributed by atoms with Crippen LogP contribution >= 0.6 is 0 Å². The van der Waals surface area contributed by atoms with Gasteiger partial charge in [0.25, 0.3) is 17.5 Å². The van der Waals surface area contributed by atoms with E-state index in [-0.39, 0.29) is 11.4 Å². The molecule has 6 nitrogen and oxygen atoms in total. The average molecular weight is 318 g/mol. The zero-order valence-electron chi connectivity index (χ0n) is 12.3. The zero-order chi connectivity index (χ0) is 16.8. The van der Waals surface area contributed by atoms with E-state index < -0.39 is 16.7 Å². The second-order valence-corrected chi connectivity index (χ2v) is 5.40. The predicted octanol–water partition coefficient (Wildman–Crippen LogP) is 3.55. The summed E-state index contributed by atoms with van der Waals surface area (Å²) in [6.07, 6.45) is 0. The quantitative estimate of drug-likeness (QED) is 0.411. The highest BCUT2D eigenvalue weighted by atomic mass is 16.6. The Morgan fingerprint density at radius 1 is 0.792 bits per heavy atom. The Balaban J connectivity index is 2.00. The van der Waals surface area contributed by atoms with Gasteiger partial charge < -0.3 is 0 Å². The van der Waals surface area contributed by atoms with E-state index in [1.54, 1.807) is 30.3 Å². The van der Waals surface area contributed by atoms with E-state index in [0.717, 1.165) is 10.3 Å². The Hall–Kier alpha value is -3.54. The van der Waals surface area contributed by atoms with E-state index in [1.165, 1.54) is 18.2 Å². The van der Waals surface area contributed by atoms with Gasteiger partial charge in [0.1, 0.15) is 5.69 Å². The first-order chi connectivity index (χ1) is 11.6. The summed E-state index contributed by atoms with van der Waals surface area (Å²) in [6, 6.07) is 16.1. The van der Waals surface area contributed by atoms with E-state index in [1.807, 2.05) is 12.1 Å². The molecule has 0 radical (unpaired) electrons. The number of imide groups is 1. The van der Waals surface area contributed by atoms with Gasteiger partial charge in [-0.05, 0) is 23.6 Å². The van der Waals surface area contributed by atoms with Gasteiger partial charge in [-0.2, -0.15) is 0 Å². The zero-order valence-corrected chi connectivity index (χ0v) is 12.3. The van der Waals surface area contributed by atoms with Crippen LogP contribution < -0.4 is 4.90 Å². The molecule has 1 heterocycles. The van der Waals surface area contributed by atoms with Gasteiger partial charge in [-0.25, -0.2) is 4.90 Å². The van der Waals surface area contributed by atoms with Crippen molar-refractivity contribution < 1.29 is 14.5 Å². The summed E-state index contributed by atoms with van der Waals surface area (Å²) in [5.41, 5.74) is 0.413. The molecule has 0 fully saturated rings. The molecule has 0 atom stereocenters. The first kappa shape index (κ1) is 14.1. The van der Waals surface area contributed by atoms with E-state index in [9.17, 15) is 19.7 Å². The van der Waals surface area contributed by atoms with Crippen LogP contribution in [0.15, 0.2) is 60.7 Å². The monoisotopic (exact) mass is 318 g/mol. The molecule has 6 heteroatoms. The summed E-state index contributed by atoms with van der Waals surface area (Å²) in [5, 5.41) is 12.6. The number of nitrogens with zero attached hydrogens (tertiary/aromatic N) is 2. The minimum absolute atomic E-state index is 0.0241. The maximum atomic E-state index is 12.9. The van der Waals surface area contributed by atoms with Crippen molar-refractivity contribution in [3.8, 4) is 0 Å². The Morgan fingerprint density at radius 3 is 1.96 bits per heavy atom. The number of carbonyl (C=O) groups is 2. The molecule has 0 N–H and O–H groups in total. The van der Waals surface area contributed by atoms with Crippen LogP contribution in [0.3, 0.4) is 0 Å². The number of amides is 2. The van der Waals surface area contributed by atoms with Crippen LogP contribution in [0.2, 0.25) is 0 Å². The highest BCUT2D eigenvalue weighted by molar-refractivity contribution is 6.36. The summed E-state index contributed by atoms with van der Waals surface area (Å²) in [7, 11) is 0. The predicted molar refractivity (Wildman–Crippen MR) is 88.2 cm³/mol. The molecule has 1 aliphatic heterocycles. The Kier molecular flexibility index (Phi) is 2.93. The standard InChI is InChI=1S/C18H10N2O4/c21-17-12-7-3-5-11-6-4-8-13(16(11)12)18(22)19(17)14-9-1-2-10-15(14)20(23)24/h1-10H. The highest BCUT2D eigenvalue weighted by Gasteiger charge is 2.36. The van der Waals surface area contributed by atoms with Gasteiger partial charge in [-0.3, -0.25) is 19.7 Å². The minimum atomic E-state index is -0.600. The van der Waals surface area contributed by atoms with E-state index in [0.29, 0.717) is 16.5 Å². The molecular weight excluding hydrogens is 308 g/mol. The number of hydrogen-bond acceptors (Lipinski definition) is 4. The summed E-state index contributed by atoms with van der Waals surface area (Å²) in [5.74, 6) is -1.11. The Morgan fingerprint density at radius 2 is 1.38 bits per heavy atom. The van der Waals surface area contributed by atoms with Crippen molar-refractivity contribution in [3.63, 3.8) is 0 Å². The van der Waals surface area contributed by atoms with Crippen molar-refractivity contribution in [2.45, 2.75) is 0 Å². The molecule has 4 rings (SSSR count). The average Bonchev–Trinajstić information content (AvgIpc) is 2.60. The van der Waals surface area contributed by atoms with Gasteiger partial charge in [-0.1, -0.05) is 36.4 Å². The first-order valence-corrected chi connectivity index (χ1v) is 7.23. The molecule has 3 aromatic carbocycles. The fourth-order valence-corrected chi connectivity index (χ4v) is 3.06. The summed E-state index contributed by atoms with van der Waals surface area (Å²) >= 11 is 0. The van der Waals surface area contributed by atoms with Crippen molar-refractivity contribution in [2.75, 3.05) is 4.90 Å². The molecule has 1 aliphatic rings. The summed E-state index contributed by atoms with van der Waals surface area (Å²) in [6.45, 7) is 0. The largest absolute Gasteiger partial charge is 0.293 e. The smallest absolute Gasteiger partial charge is 0.268 e. The number of nitro benzene ring substituents is 1. The lowest BCUT2D eigenvalue weighted by Gasteiger charge is -2.26. The van der Waals surface area contributed by atoms with Crippen LogP contribution in [-0.4, -0.2) is 16.7 Å². The molecule has 0 spiro atoms. The highest BCUT2D eigenvalue weighted by Crippen LogP contribution is 2.36. The van der Waals surface area contributed by atoms with E-state index >= 15 is 0 Å². The van der Waals surface area contributed by atoms with E-state index in [2.05, 4.69) is 0 Å². The van der Waals surface area contributed by atoms with Crippen molar-refractivity contribution >= 4 is 34.0 Å². The lowest BCUT2D eigenvalue weighted by atomic mass is 9.93. The molecular formula is C18H10N2O4. The summed E-state index contributed by atoms with van der Waals surface area (Å²) in [4.78, 5) is 37.3. The molecule has 0 saturated carbocycles. The van der Waals surface area contributed by atoms with Crippen LogP contribution in [-0.2, 0) is 0 Å². The Bertz CT molecular complexity index is 991. The number of carbonyl (C=O) groups excluding carboxylic acids is 2. The van der Waals surface area contributed by atoms with Gasteiger partial charge >= 0.3 is 0 Å². The molecule has 0 unspecified atom stereocenters. The van der Waals surface area contributed by atoms with Crippen LogP contribution in [0.5, 0.6) is 0 Å². The van der Waals surface area contributed by atoms with Crippen molar-refractivity contribution in [2.24, 2.45) is 0 Å². The third kappa shape index (κ3) is 1.83. The van der Waals surface area contributed by atoms with Crippen molar-refractivity contribution in [1.29, 1.82) is 0 Å². The maximum Gasteiger partial charge on any atom is 0.293 e. The number of benzene rings is 3. The van der Waals surface area contributed by atoms with Crippen LogP contribution in [0.25, 0.3) is 10.8 Å².